The van der Waals surface area contributed by atoms with Crippen LogP contribution in [0.1, 0.15) is 17.2 Å². The van der Waals surface area contributed by atoms with Crippen LogP contribution in [0, 0.1) is 17.5 Å². The zero-order valence-corrected chi connectivity index (χ0v) is 10.8. The molecule has 0 amide bonds. The molecular weight excluding hydrogens is 312 g/mol. The van der Waals surface area contributed by atoms with Crippen molar-refractivity contribution < 1.29 is 31.1 Å². The van der Waals surface area contributed by atoms with Crippen LogP contribution >= 0.6 is 0 Å². The number of alkyl halides is 3. The van der Waals surface area contributed by atoms with Crippen LogP contribution in [0.4, 0.5) is 26.3 Å². The van der Waals surface area contributed by atoms with E-state index in [4.69, 9.17) is 5.73 Å². The van der Waals surface area contributed by atoms with Gasteiger partial charge in [0.2, 0.25) is 0 Å². The zero-order valence-electron chi connectivity index (χ0n) is 10.8. The van der Waals surface area contributed by atoms with Gasteiger partial charge in [0.25, 0.3) is 0 Å². The molecule has 0 aliphatic rings. The maximum Gasteiger partial charge on any atom is 0.573 e. The first-order valence-corrected chi connectivity index (χ1v) is 5.93. The second kappa shape index (κ2) is 5.88. The van der Waals surface area contributed by atoms with Crippen molar-refractivity contribution in [3.05, 3.63) is 65.0 Å². The predicted octanol–water partition coefficient (Wildman–Crippen LogP) is 4.05. The molecule has 2 nitrogen and oxygen atoms in total. The smallest absolute Gasteiger partial charge is 0.403 e. The molecule has 0 aliphatic heterocycles. The molecule has 1 atom stereocenters. The van der Waals surface area contributed by atoms with Gasteiger partial charge >= 0.3 is 6.36 Å². The Labute approximate surface area is 121 Å². The summed E-state index contributed by atoms with van der Waals surface area (Å²) >= 11 is 0. The monoisotopic (exact) mass is 321 g/mol. The summed E-state index contributed by atoms with van der Waals surface area (Å²) in [5.74, 6) is -4.08. The molecule has 2 aromatic rings. The van der Waals surface area contributed by atoms with Gasteiger partial charge in [0.15, 0.2) is 11.6 Å². The molecule has 0 saturated carbocycles. The van der Waals surface area contributed by atoms with Crippen molar-refractivity contribution in [2.75, 3.05) is 0 Å². The van der Waals surface area contributed by atoms with Crippen LogP contribution in [0.15, 0.2) is 36.4 Å². The van der Waals surface area contributed by atoms with Gasteiger partial charge in [-0.25, -0.2) is 13.2 Å². The molecule has 0 heterocycles. The lowest BCUT2D eigenvalue weighted by Gasteiger charge is -2.15. The van der Waals surface area contributed by atoms with Crippen LogP contribution in [-0.4, -0.2) is 6.36 Å². The molecule has 2 aromatic carbocycles. The van der Waals surface area contributed by atoms with E-state index in [-0.39, 0.29) is 11.1 Å². The third-order valence-corrected chi connectivity index (χ3v) is 2.84. The summed E-state index contributed by atoms with van der Waals surface area (Å²) in [5, 5.41) is 0. The molecule has 0 spiro atoms. The van der Waals surface area contributed by atoms with Crippen LogP contribution < -0.4 is 10.5 Å². The van der Waals surface area contributed by atoms with Crippen molar-refractivity contribution in [1.82, 2.24) is 0 Å². The highest BCUT2D eigenvalue weighted by Gasteiger charge is 2.32. The molecule has 22 heavy (non-hydrogen) atoms. The normalized spacial score (nSPS) is 13.0. The fraction of sp³-hybridized carbons (Fsp3) is 0.143. The molecule has 1 unspecified atom stereocenters. The molecule has 8 heteroatoms. The lowest BCUT2D eigenvalue weighted by molar-refractivity contribution is -0.275. The lowest BCUT2D eigenvalue weighted by atomic mass is 9.99. The molecule has 0 fully saturated rings. The lowest BCUT2D eigenvalue weighted by Crippen LogP contribution is -2.18. The van der Waals surface area contributed by atoms with Crippen molar-refractivity contribution >= 4 is 0 Å². The summed E-state index contributed by atoms with van der Waals surface area (Å²) in [6, 6.07) is 3.98. The van der Waals surface area contributed by atoms with E-state index in [1.54, 1.807) is 0 Å². The average molecular weight is 321 g/mol. The maximum atomic E-state index is 13.6. The van der Waals surface area contributed by atoms with E-state index in [0.29, 0.717) is 12.1 Å². The molecule has 118 valence electrons. The highest BCUT2D eigenvalue weighted by molar-refractivity contribution is 5.37. The Morgan fingerprint density at radius 2 is 1.59 bits per heavy atom. The third-order valence-electron chi connectivity index (χ3n) is 2.84. The maximum absolute atomic E-state index is 13.6. The Kier molecular flexibility index (Phi) is 4.32. The largest absolute Gasteiger partial charge is 0.573 e. The number of hydrogen-bond acceptors (Lipinski definition) is 2. The highest BCUT2D eigenvalue weighted by atomic mass is 19.4. The molecule has 0 aliphatic carbocycles. The summed E-state index contributed by atoms with van der Waals surface area (Å²) in [5.41, 5.74) is 5.61. The van der Waals surface area contributed by atoms with Crippen molar-refractivity contribution in [3.8, 4) is 5.75 Å². The van der Waals surface area contributed by atoms with Crippen molar-refractivity contribution in [3.63, 3.8) is 0 Å². The molecule has 2 rings (SSSR count). The number of benzene rings is 2. The van der Waals surface area contributed by atoms with E-state index in [9.17, 15) is 26.3 Å². The van der Waals surface area contributed by atoms with E-state index in [1.807, 2.05) is 0 Å². The van der Waals surface area contributed by atoms with Gasteiger partial charge in [-0.15, -0.1) is 13.2 Å². The van der Waals surface area contributed by atoms with E-state index >= 15 is 0 Å². The third kappa shape index (κ3) is 3.70. The Morgan fingerprint density at radius 1 is 0.909 bits per heavy atom. The Balaban J connectivity index is 2.31. The molecule has 0 bridgehead atoms. The molecular formula is C14H9F6NO. The van der Waals surface area contributed by atoms with Crippen LogP contribution in [0.25, 0.3) is 0 Å². The van der Waals surface area contributed by atoms with E-state index in [0.717, 1.165) is 24.3 Å². The summed E-state index contributed by atoms with van der Waals surface area (Å²) in [6.45, 7) is 0. The first kappa shape index (κ1) is 16.2. The van der Waals surface area contributed by atoms with Gasteiger partial charge in [0.05, 0.1) is 6.04 Å². The summed E-state index contributed by atoms with van der Waals surface area (Å²) < 4.78 is 79.6. The Bertz CT molecular complexity index is 686. The number of hydrogen-bond donors (Lipinski definition) is 1. The minimum Gasteiger partial charge on any atom is -0.403 e. The summed E-state index contributed by atoms with van der Waals surface area (Å²) in [4.78, 5) is 0. The van der Waals surface area contributed by atoms with Gasteiger partial charge in [0.1, 0.15) is 11.6 Å². The van der Waals surface area contributed by atoms with Gasteiger partial charge < -0.3 is 10.5 Å². The molecule has 0 radical (unpaired) electrons. The van der Waals surface area contributed by atoms with Gasteiger partial charge in [-0.2, -0.15) is 0 Å². The fourth-order valence-corrected chi connectivity index (χ4v) is 1.85. The average Bonchev–Trinajstić information content (AvgIpc) is 2.39. The van der Waals surface area contributed by atoms with Crippen molar-refractivity contribution in [2.24, 2.45) is 5.73 Å². The predicted molar refractivity (Wildman–Crippen MR) is 65.5 cm³/mol. The van der Waals surface area contributed by atoms with Crippen LogP contribution in [-0.2, 0) is 0 Å². The second-order valence-corrected chi connectivity index (χ2v) is 4.38. The first-order valence-electron chi connectivity index (χ1n) is 5.93. The van der Waals surface area contributed by atoms with Gasteiger partial charge in [0, 0.05) is 11.6 Å². The molecule has 2 N–H and O–H groups in total. The van der Waals surface area contributed by atoms with Gasteiger partial charge in [-0.3, -0.25) is 0 Å². The minimum absolute atomic E-state index is 0.0116. The minimum atomic E-state index is -5.03. The topological polar surface area (TPSA) is 35.2 Å². The van der Waals surface area contributed by atoms with Gasteiger partial charge in [-0.05, 0) is 23.8 Å². The zero-order chi connectivity index (χ0) is 16.5. The van der Waals surface area contributed by atoms with Crippen molar-refractivity contribution in [2.45, 2.75) is 12.4 Å². The molecule has 0 saturated heterocycles. The van der Waals surface area contributed by atoms with E-state index in [1.165, 1.54) is 0 Å². The van der Waals surface area contributed by atoms with Crippen LogP contribution in [0.5, 0.6) is 5.75 Å². The standard InChI is InChI=1S/C14H9F6NO/c15-8-2-3-9(10(16)6-8)13(21)7-1-4-12(11(17)5-7)22-14(18,19)20/h1-6,13H,21H2. The Hall–Kier alpha value is -2.22. The second-order valence-electron chi connectivity index (χ2n) is 4.38. The van der Waals surface area contributed by atoms with E-state index < -0.39 is 35.6 Å². The van der Waals surface area contributed by atoms with Crippen LogP contribution in [0.3, 0.4) is 0 Å². The van der Waals surface area contributed by atoms with Gasteiger partial charge in [-0.1, -0.05) is 12.1 Å². The fourth-order valence-electron chi connectivity index (χ4n) is 1.85. The molecule has 0 aromatic heterocycles. The highest BCUT2D eigenvalue weighted by Crippen LogP contribution is 2.29. The number of nitrogens with two attached hydrogens (primary N) is 1. The van der Waals surface area contributed by atoms with E-state index in [2.05, 4.69) is 4.74 Å². The summed E-state index contributed by atoms with van der Waals surface area (Å²) in [6.07, 6.45) is -5.03. The quantitative estimate of drug-likeness (QED) is 0.866. The Morgan fingerprint density at radius 3 is 2.14 bits per heavy atom. The number of ether oxygens (including phenoxy) is 1. The first-order chi connectivity index (χ1) is 10.2. The number of halogens is 6. The number of rotatable bonds is 3. The van der Waals surface area contributed by atoms with Crippen molar-refractivity contribution in [1.29, 1.82) is 0 Å². The van der Waals surface area contributed by atoms with Crippen LogP contribution in [0.2, 0.25) is 0 Å². The SMILES string of the molecule is NC(c1ccc(OC(F)(F)F)c(F)c1)c1ccc(F)cc1F. The summed E-state index contributed by atoms with van der Waals surface area (Å²) in [7, 11) is 0.